The third-order valence-electron chi connectivity index (χ3n) is 2.72. The van der Waals surface area contributed by atoms with Crippen LogP contribution in [0.25, 0.3) is 0 Å². The second kappa shape index (κ2) is 6.49. The van der Waals surface area contributed by atoms with Crippen molar-refractivity contribution in [3.05, 3.63) is 11.9 Å². The average molecular weight is 254 g/mol. The summed E-state index contributed by atoms with van der Waals surface area (Å²) in [6, 6.07) is -0.422. The van der Waals surface area contributed by atoms with E-state index in [1.54, 1.807) is 13.1 Å². The molecule has 1 heterocycles. The molecular weight excluding hydrogens is 232 g/mol. The number of carbonyl (C=O) groups is 1. The van der Waals surface area contributed by atoms with Gasteiger partial charge in [-0.15, -0.1) is 5.10 Å². The fourth-order valence-corrected chi connectivity index (χ4v) is 1.41. The smallest absolute Gasteiger partial charge is 0.244 e. The van der Waals surface area contributed by atoms with Crippen molar-refractivity contribution in [3.8, 4) is 0 Å². The van der Waals surface area contributed by atoms with E-state index >= 15 is 0 Å². The Bertz CT molecular complexity index is 389. The zero-order chi connectivity index (χ0) is 13.7. The molecule has 0 saturated carbocycles. The first kappa shape index (κ1) is 14.6. The Labute approximate surface area is 107 Å². The highest BCUT2D eigenvalue weighted by Crippen LogP contribution is 2.14. The maximum atomic E-state index is 11.8. The zero-order valence-electron chi connectivity index (χ0n) is 11.4. The largest absolute Gasteiger partial charge is 0.387 e. The molecule has 0 saturated heterocycles. The van der Waals surface area contributed by atoms with Gasteiger partial charge in [-0.25, -0.2) is 4.68 Å². The lowest BCUT2D eigenvalue weighted by Gasteiger charge is -2.13. The number of carbonyl (C=O) groups excluding carboxylic acids is 1. The van der Waals surface area contributed by atoms with Gasteiger partial charge < -0.3 is 10.4 Å². The molecule has 1 amide bonds. The third kappa shape index (κ3) is 3.80. The molecule has 0 aliphatic heterocycles. The number of aliphatic hydroxyl groups is 1. The minimum Gasteiger partial charge on any atom is -0.387 e. The molecule has 6 nitrogen and oxygen atoms in total. The van der Waals surface area contributed by atoms with Crippen LogP contribution in [-0.2, 0) is 4.79 Å². The summed E-state index contributed by atoms with van der Waals surface area (Å²) in [6.45, 7) is 8.34. The SMILES string of the molecule is CCC(O)c1cn(C(C)C(=O)NCC(C)C)nn1. The number of rotatable bonds is 6. The van der Waals surface area contributed by atoms with Crippen LogP contribution in [0.3, 0.4) is 0 Å². The number of nitrogens with one attached hydrogen (secondary N) is 1. The normalized spacial score (nSPS) is 14.6. The highest BCUT2D eigenvalue weighted by molar-refractivity contribution is 5.79. The van der Waals surface area contributed by atoms with Crippen LogP contribution in [0, 0.1) is 5.92 Å². The summed E-state index contributed by atoms with van der Waals surface area (Å²) in [5, 5.41) is 20.2. The van der Waals surface area contributed by atoms with E-state index in [-0.39, 0.29) is 5.91 Å². The third-order valence-corrected chi connectivity index (χ3v) is 2.72. The lowest BCUT2D eigenvalue weighted by molar-refractivity contribution is -0.124. The number of hydrogen-bond donors (Lipinski definition) is 2. The van der Waals surface area contributed by atoms with E-state index in [4.69, 9.17) is 0 Å². The van der Waals surface area contributed by atoms with E-state index in [0.717, 1.165) is 0 Å². The average Bonchev–Trinajstić information content (AvgIpc) is 2.83. The molecule has 18 heavy (non-hydrogen) atoms. The standard InChI is InChI=1S/C12H22N4O2/c1-5-11(17)10-7-16(15-14-10)9(4)12(18)13-6-8(2)3/h7-9,11,17H,5-6H2,1-4H3,(H,13,18). The Hall–Kier alpha value is -1.43. The van der Waals surface area contributed by atoms with Gasteiger partial charge in [0.25, 0.3) is 0 Å². The molecular formula is C12H22N4O2. The Kier molecular flexibility index (Phi) is 5.27. The molecule has 2 N–H and O–H groups in total. The number of aromatic nitrogens is 3. The van der Waals surface area contributed by atoms with Crippen LogP contribution < -0.4 is 5.32 Å². The molecule has 6 heteroatoms. The van der Waals surface area contributed by atoms with Crippen LogP contribution in [0.2, 0.25) is 0 Å². The monoisotopic (exact) mass is 254 g/mol. The van der Waals surface area contributed by atoms with Gasteiger partial charge in [0.15, 0.2) is 0 Å². The van der Waals surface area contributed by atoms with Gasteiger partial charge in [-0.3, -0.25) is 4.79 Å². The molecule has 0 bridgehead atoms. The quantitative estimate of drug-likeness (QED) is 0.795. The lowest BCUT2D eigenvalue weighted by atomic mass is 10.2. The van der Waals surface area contributed by atoms with Gasteiger partial charge in [-0.1, -0.05) is 26.0 Å². The second-order valence-corrected chi connectivity index (χ2v) is 4.86. The summed E-state index contributed by atoms with van der Waals surface area (Å²) in [4.78, 5) is 11.8. The summed E-state index contributed by atoms with van der Waals surface area (Å²) in [5.41, 5.74) is 0.501. The number of aliphatic hydroxyl groups excluding tert-OH is 1. The van der Waals surface area contributed by atoms with E-state index in [9.17, 15) is 9.90 Å². The topological polar surface area (TPSA) is 80.0 Å². The van der Waals surface area contributed by atoms with E-state index in [1.807, 2.05) is 20.8 Å². The summed E-state index contributed by atoms with van der Waals surface area (Å²) in [5.74, 6) is 0.320. The van der Waals surface area contributed by atoms with Crippen LogP contribution in [-0.4, -0.2) is 32.6 Å². The van der Waals surface area contributed by atoms with E-state index in [2.05, 4.69) is 15.6 Å². The molecule has 1 rings (SSSR count). The highest BCUT2D eigenvalue weighted by atomic mass is 16.3. The zero-order valence-corrected chi connectivity index (χ0v) is 11.4. The van der Waals surface area contributed by atoms with Gasteiger partial charge in [0.05, 0.1) is 12.3 Å². The molecule has 0 spiro atoms. The molecule has 0 radical (unpaired) electrons. The van der Waals surface area contributed by atoms with Gasteiger partial charge in [-0.05, 0) is 19.3 Å². The van der Waals surface area contributed by atoms with Crippen molar-refractivity contribution in [2.75, 3.05) is 6.54 Å². The van der Waals surface area contributed by atoms with Crippen molar-refractivity contribution in [2.45, 2.75) is 46.3 Å². The van der Waals surface area contributed by atoms with Crippen molar-refractivity contribution in [3.63, 3.8) is 0 Å². The van der Waals surface area contributed by atoms with E-state index in [0.29, 0.717) is 24.6 Å². The highest BCUT2D eigenvalue weighted by Gasteiger charge is 2.18. The molecule has 0 fully saturated rings. The number of hydrogen-bond acceptors (Lipinski definition) is 4. The minimum absolute atomic E-state index is 0.0915. The van der Waals surface area contributed by atoms with Crippen LogP contribution in [0.5, 0.6) is 0 Å². The van der Waals surface area contributed by atoms with Gasteiger partial charge in [-0.2, -0.15) is 0 Å². The Morgan fingerprint density at radius 3 is 2.72 bits per heavy atom. The lowest BCUT2D eigenvalue weighted by Crippen LogP contribution is -2.33. The molecule has 1 aromatic heterocycles. The van der Waals surface area contributed by atoms with Crippen LogP contribution in [0.1, 0.15) is 52.0 Å². The predicted octanol–water partition coefficient (Wildman–Crippen LogP) is 1.05. The van der Waals surface area contributed by atoms with Gasteiger partial charge >= 0.3 is 0 Å². The van der Waals surface area contributed by atoms with Crippen LogP contribution in [0.15, 0.2) is 6.20 Å². The fourth-order valence-electron chi connectivity index (χ4n) is 1.41. The van der Waals surface area contributed by atoms with Gasteiger partial charge in [0.1, 0.15) is 11.7 Å². The Morgan fingerprint density at radius 1 is 1.50 bits per heavy atom. The molecule has 2 unspecified atom stereocenters. The van der Waals surface area contributed by atoms with E-state index in [1.165, 1.54) is 4.68 Å². The van der Waals surface area contributed by atoms with E-state index < -0.39 is 12.1 Å². The first-order valence-corrected chi connectivity index (χ1v) is 6.33. The summed E-state index contributed by atoms with van der Waals surface area (Å²) in [6.07, 6.45) is 1.57. The maximum Gasteiger partial charge on any atom is 0.244 e. The Morgan fingerprint density at radius 2 is 2.17 bits per heavy atom. The molecule has 0 aliphatic rings. The Balaban J connectivity index is 2.63. The predicted molar refractivity (Wildman–Crippen MR) is 67.8 cm³/mol. The molecule has 102 valence electrons. The van der Waals surface area contributed by atoms with Gasteiger partial charge in [0.2, 0.25) is 5.91 Å². The molecule has 0 aliphatic carbocycles. The van der Waals surface area contributed by atoms with Crippen molar-refractivity contribution in [1.82, 2.24) is 20.3 Å². The van der Waals surface area contributed by atoms with Gasteiger partial charge in [0, 0.05) is 6.54 Å². The fraction of sp³-hybridized carbons (Fsp3) is 0.750. The van der Waals surface area contributed by atoms with Crippen LogP contribution >= 0.6 is 0 Å². The molecule has 1 aromatic rings. The minimum atomic E-state index is -0.621. The summed E-state index contributed by atoms with van der Waals surface area (Å²) < 4.78 is 1.48. The number of amides is 1. The molecule has 0 aromatic carbocycles. The van der Waals surface area contributed by atoms with Crippen molar-refractivity contribution < 1.29 is 9.90 Å². The first-order valence-electron chi connectivity index (χ1n) is 6.33. The van der Waals surface area contributed by atoms with Crippen molar-refractivity contribution in [2.24, 2.45) is 5.92 Å². The van der Waals surface area contributed by atoms with Crippen LogP contribution in [0.4, 0.5) is 0 Å². The maximum absolute atomic E-state index is 11.8. The van der Waals surface area contributed by atoms with Crippen molar-refractivity contribution in [1.29, 1.82) is 0 Å². The van der Waals surface area contributed by atoms with Crippen molar-refractivity contribution >= 4 is 5.91 Å². The number of nitrogens with zero attached hydrogens (tertiary/aromatic N) is 3. The molecule has 2 atom stereocenters. The second-order valence-electron chi connectivity index (χ2n) is 4.86. The first-order chi connectivity index (χ1) is 8.45. The summed E-state index contributed by atoms with van der Waals surface area (Å²) in [7, 11) is 0. The summed E-state index contributed by atoms with van der Waals surface area (Å²) >= 11 is 0.